The molecule has 0 aliphatic heterocycles. The van der Waals surface area contributed by atoms with E-state index in [1.54, 1.807) is 36.1 Å². The van der Waals surface area contributed by atoms with Crippen LogP contribution in [-0.4, -0.2) is 26.6 Å². The van der Waals surface area contributed by atoms with Gasteiger partial charge in [-0.05, 0) is 30.7 Å². The molecule has 7 nitrogen and oxygen atoms in total. The molecule has 2 amide bonds. The molecule has 134 valence electrons. The number of aromatic nitrogens is 3. The van der Waals surface area contributed by atoms with Crippen LogP contribution in [0.15, 0.2) is 49.1 Å². The molecule has 2 heterocycles. The third-order valence-corrected chi connectivity index (χ3v) is 5.05. The lowest BCUT2D eigenvalue weighted by Gasteiger charge is -2.14. The zero-order valence-corrected chi connectivity index (χ0v) is 15.4. The number of anilines is 1. The number of thiophene rings is 1. The summed E-state index contributed by atoms with van der Waals surface area (Å²) < 4.78 is 2.26. The second-order valence-corrected chi connectivity index (χ2v) is 7.29. The van der Waals surface area contributed by atoms with Crippen LogP contribution in [0, 0.1) is 0 Å². The van der Waals surface area contributed by atoms with Gasteiger partial charge in [-0.3, -0.25) is 9.59 Å². The van der Waals surface area contributed by atoms with Crippen molar-refractivity contribution in [1.82, 2.24) is 20.1 Å². The van der Waals surface area contributed by atoms with E-state index in [0.29, 0.717) is 16.6 Å². The Kier molecular flexibility index (Phi) is 5.65. The molecule has 0 bridgehead atoms. The molecule has 0 fully saturated rings. The van der Waals surface area contributed by atoms with Crippen LogP contribution < -0.4 is 10.6 Å². The van der Waals surface area contributed by atoms with Crippen molar-refractivity contribution in [1.29, 1.82) is 0 Å². The summed E-state index contributed by atoms with van der Waals surface area (Å²) in [5.41, 5.74) is 1.37. The third-order valence-electron chi connectivity index (χ3n) is 3.64. The topological polar surface area (TPSA) is 88.9 Å². The number of nitrogens with zero attached hydrogens (tertiary/aromatic N) is 3. The molecule has 26 heavy (non-hydrogen) atoms. The maximum atomic E-state index is 12.3. The van der Waals surface area contributed by atoms with Gasteiger partial charge in [0.2, 0.25) is 0 Å². The number of para-hydroxylation sites is 1. The highest BCUT2D eigenvalue weighted by Gasteiger charge is 2.19. The highest BCUT2D eigenvalue weighted by atomic mass is 35.5. The van der Waals surface area contributed by atoms with Gasteiger partial charge >= 0.3 is 11.8 Å². The van der Waals surface area contributed by atoms with Crippen molar-refractivity contribution in [2.75, 3.05) is 5.32 Å². The van der Waals surface area contributed by atoms with Crippen LogP contribution >= 0.6 is 22.9 Å². The van der Waals surface area contributed by atoms with Crippen molar-refractivity contribution in [3.63, 3.8) is 0 Å². The SMILES string of the molecule is CC(NC(=O)C(=O)Nc1ccccc1Cn1cncn1)c1ccc(Cl)s1. The van der Waals surface area contributed by atoms with E-state index in [-0.39, 0.29) is 6.04 Å². The maximum absolute atomic E-state index is 12.3. The van der Waals surface area contributed by atoms with E-state index in [1.807, 2.05) is 18.2 Å². The van der Waals surface area contributed by atoms with Gasteiger partial charge in [0.15, 0.2) is 0 Å². The zero-order chi connectivity index (χ0) is 18.5. The Bertz CT molecular complexity index is 910. The number of carbonyl (C=O) groups excluding carboxylic acids is 2. The summed E-state index contributed by atoms with van der Waals surface area (Å²) in [5.74, 6) is -1.44. The van der Waals surface area contributed by atoms with Crippen molar-refractivity contribution in [2.24, 2.45) is 0 Å². The zero-order valence-electron chi connectivity index (χ0n) is 13.8. The quantitative estimate of drug-likeness (QED) is 0.656. The van der Waals surface area contributed by atoms with Crippen LogP contribution in [-0.2, 0) is 16.1 Å². The molecule has 2 N–H and O–H groups in total. The Hall–Kier alpha value is -2.71. The van der Waals surface area contributed by atoms with Gasteiger partial charge in [0, 0.05) is 10.6 Å². The van der Waals surface area contributed by atoms with Gasteiger partial charge in [0.25, 0.3) is 0 Å². The first-order valence-corrected chi connectivity index (χ1v) is 9.00. The van der Waals surface area contributed by atoms with E-state index in [9.17, 15) is 9.59 Å². The molecular formula is C17H16ClN5O2S. The Morgan fingerprint density at radius 3 is 2.73 bits per heavy atom. The van der Waals surface area contributed by atoms with Crippen molar-refractivity contribution in [3.05, 3.63) is 63.8 Å². The predicted octanol–water partition coefficient (Wildman–Crippen LogP) is 2.86. The number of amides is 2. The smallest absolute Gasteiger partial charge is 0.313 e. The minimum Gasteiger partial charge on any atom is -0.340 e. The van der Waals surface area contributed by atoms with Crippen LogP contribution in [0.4, 0.5) is 5.69 Å². The van der Waals surface area contributed by atoms with Gasteiger partial charge in [-0.15, -0.1) is 11.3 Å². The molecular weight excluding hydrogens is 374 g/mol. The third kappa shape index (κ3) is 4.47. The van der Waals surface area contributed by atoms with Crippen molar-refractivity contribution < 1.29 is 9.59 Å². The number of benzene rings is 1. The molecule has 0 aliphatic carbocycles. The summed E-state index contributed by atoms with van der Waals surface area (Å²) >= 11 is 7.26. The molecule has 2 aromatic heterocycles. The molecule has 1 aromatic carbocycles. The summed E-state index contributed by atoms with van der Waals surface area (Å²) in [6.45, 7) is 2.23. The molecule has 9 heteroatoms. The number of halogens is 1. The summed E-state index contributed by atoms with van der Waals surface area (Å²) in [6, 6.07) is 10.5. The number of carbonyl (C=O) groups is 2. The Morgan fingerprint density at radius 2 is 2.04 bits per heavy atom. The molecule has 0 saturated heterocycles. The van der Waals surface area contributed by atoms with E-state index in [0.717, 1.165) is 10.4 Å². The van der Waals surface area contributed by atoms with Crippen LogP contribution in [0.5, 0.6) is 0 Å². The molecule has 0 spiro atoms. The highest BCUT2D eigenvalue weighted by Crippen LogP contribution is 2.26. The monoisotopic (exact) mass is 389 g/mol. The predicted molar refractivity (Wildman–Crippen MR) is 100 cm³/mol. The van der Waals surface area contributed by atoms with E-state index in [1.165, 1.54) is 17.7 Å². The first kappa shape index (κ1) is 18.1. The summed E-state index contributed by atoms with van der Waals surface area (Å²) in [5, 5.41) is 9.36. The van der Waals surface area contributed by atoms with E-state index >= 15 is 0 Å². The molecule has 1 atom stereocenters. The van der Waals surface area contributed by atoms with Gasteiger partial charge in [-0.1, -0.05) is 29.8 Å². The maximum Gasteiger partial charge on any atom is 0.313 e. The fourth-order valence-electron chi connectivity index (χ4n) is 2.34. The Labute approximate surface area is 159 Å². The number of nitrogens with one attached hydrogen (secondary N) is 2. The Balaban J connectivity index is 1.65. The molecule has 1 unspecified atom stereocenters. The van der Waals surface area contributed by atoms with Gasteiger partial charge < -0.3 is 10.6 Å². The molecule has 0 saturated carbocycles. The van der Waals surface area contributed by atoms with Crippen molar-refractivity contribution in [2.45, 2.75) is 19.5 Å². The van der Waals surface area contributed by atoms with Gasteiger partial charge in [-0.25, -0.2) is 9.67 Å². The second-order valence-electron chi connectivity index (χ2n) is 5.54. The lowest BCUT2D eigenvalue weighted by Crippen LogP contribution is -2.36. The number of hydrogen-bond acceptors (Lipinski definition) is 5. The largest absolute Gasteiger partial charge is 0.340 e. The van der Waals surface area contributed by atoms with Gasteiger partial charge in [0.1, 0.15) is 12.7 Å². The molecule has 3 aromatic rings. The summed E-state index contributed by atoms with van der Waals surface area (Å²) in [7, 11) is 0. The van der Waals surface area contributed by atoms with E-state index in [4.69, 9.17) is 11.6 Å². The molecule has 0 radical (unpaired) electrons. The highest BCUT2D eigenvalue weighted by molar-refractivity contribution is 7.16. The van der Waals surface area contributed by atoms with Gasteiger partial charge in [0.05, 0.1) is 16.9 Å². The number of rotatable bonds is 5. The average Bonchev–Trinajstić information content (AvgIpc) is 3.28. The molecule has 0 aliphatic rings. The first-order chi connectivity index (χ1) is 12.5. The van der Waals surface area contributed by atoms with Crippen LogP contribution in [0.3, 0.4) is 0 Å². The lowest BCUT2D eigenvalue weighted by molar-refractivity contribution is -0.136. The van der Waals surface area contributed by atoms with Crippen LogP contribution in [0.2, 0.25) is 4.34 Å². The van der Waals surface area contributed by atoms with Crippen LogP contribution in [0.1, 0.15) is 23.4 Å². The fraction of sp³-hybridized carbons (Fsp3) is 0.176. The Morgan fingerprint density at radius 1 is 1.23 bits per heavy atom. The first-order valence-electron chi connectivity index (χ1n) is 7.80. The van der Waals surface area contributed by atoms with Crippen molar-refractivity contribution in [3.8, 4) is 0 Å². The lowest BCUT2D eigenvalue weighted by atomic mass is 10.1. The van der Waals surface area contributed by atoms with Crippen LogP contribution in [0.25, 0.3) is 0 Å². The van der Waals surface area contributed by atoms with E-state index < -0.39 is 11.8 Å². The van der Waals surface area contributed by atoms with Gasteiger partial charge in [-0.2, -0.15) is 5.10 Å². The second kappa shape index (κ2) is 8.11. The number of hydrogen-bond donors (Lipinski definition) is 2. The fourth-order valence-corrected chi connectivity index (χ4v) is 3.41. The standard InChI is InChI=1S/C17H16ClN5O2S/c1-11(14-6-7-15(18)26-14)21-16(24)17(25)22-13-5-3-2-4-12(13)8-23-10-19-9-20-23/h2-7,9-11H,8H2,1H3,(H,21,24)(H,22,25). The summed E-state index contributed by atoms with van der Waals surface area (Å²) in [6.07, 6.45) is 3.02. The molecule has 3 rings (SSSR count). The van der Waals surface area contributed by atoms with E-state index in [2.05, 4.69) is 20.7 Å². The normalized spacial score (nSPS) is 11.8. The minimum atomic E-state index is -0.731. The minimum absolute atomic E-state index is 0.309. The van der Waals surface area contributed by atoms with Crippen molar-refractivity contribution >= 4 is 40.4 Å². The average molecular weight is 390 g/mol. The summed E-state index contributed by atoms with van der Waals surface area (Å²) in [4.78, 5) is 29.2.